The first-order chi connectivity index (χ1) is 35.8. The SMILES string of the molecule is COOCCC(C(=O)OC)N(CCc1cc(CCN(C(COOC)CC(=O)OC)C(CC(=O)OC)C(=O)OC)cc(CCN(C(CC(=O)OC)C(=O)OC)C(CC(=O)OC)C(=O)OC)c1)C(CC(=O)OC)C(=O)OC. The molecule has 1 rings (SSSR count). The summed E-state index contributed by atoms with van der Waals surface area (Å²) in [5.41, 5.74) is 1.56. The van der Waals surface area contributed by atoms with E-state index in [0.29, 0.717) is 16.7 Å². The molecular formula is C48H73N3O24. The molecule has 424 valence electrons. The first-order valence-electron chi connectivity index (χ1n) is 23.3. The summed E-state index contributed by atoms with van der Waals surface area (Å²) >= 11 is 0. The lowest BCUT2D eigenvalue weighted by Gasteiger charge is -2.35. The fourth-order valence-corrected chi connectivity index (χ4v) is 8.04. The normalized spacial score (nSPS) is 13.5. The second kappa shape index (κ2) is 36.6. The van der Waals surface area contributed by atoms with E-state index in [1.165, 1.54) is 28.9 Å². The number of methoxy groups -OCH3 is 10. The highest BCUT2D eigenvalue weighted by atomic mass is 17.2. The number of esters is 10. The number of hydrogen-bond acceptors (Lipinski definition) is 27. The summed E-state index contributed by atoms with van der Waals surface area (Å²) in [6.07, 6.45) is -2.74. The lowest BCUT2D eigenvalue weighted by molar-refractivity contribution is -0.281. The smallest absolute Gasteiger partial charge is 0.323 e. The van der Waals surface area contributed by atoms with Gasteiger partial charge in [-0.2, -0.15) is 0 Å². The molecule has 0 spiro atoms. The number of nitrogens with zero attached hydrogens (tertiary/aromatic N) is 3. The average molecular weight is 1080 g/mol. The van der Waals surface area contributed by atoms with Crippen molar-refractivity contribution >= 4 is 59.7 Å². The van der Waals surface area contributed by atoms with Crippen LogP contribution in [0, 0.1) is 0 Å². The van der Waals surface area contributed by atoms with Gasteiger partial charge in [-0.3, -0.25) is 62.6 Å². The molecule has 0 aliphatic heterocycles. The fraction of sp³-hybridized carbons (Fsp3) is 0.667. The van der Waals surface area contributed by atoms with E-state index in [1.54, 1.807) is 18.2 Å². The summed E-state index contributed by atoms with van der Waals surface area (Å²) in [5.74, 6) is -8.46. The van der Waals surface area contributed by atoms with Gasteiger partial charge in [-0.05, 0) is 36.0 Å². The topological polar surface area (TPSA) is 310 Å². The second-order valence-corrected chi connectivity index (χ2v) is 16.1. The van der Waals surface area contributed by atoms with Gasteiger partial charge < -0.3 is 47.4 Å². The largest absolute Gasteiger partial charge is 0.469 e. The Kier molecular flexibility index (Phi) is 32.5. The predicted molar refractivity (Wildman–Crippen MR) is 254 cm³/mol. The molecule has 0 aliphatic carbocycles. The molecule has 0 N–H and O–H groups in total. The highest BCUT2D eigenvalue weighted by Crippen LogP contribution is 2.24. The lowest BCUT2D eigenvalue weighted by atomic mass is 9.97. The summed E-state index contributed by atoms with van der Waals surface area (Å²) < 4.78 is 49.9. The average Bonchev–Trinajstić information content (AvgIpc) is 3.42. The van der Waals surface area contributed by atoms with Gasteiger partial charge in [0.1, 0.15) is 30.2 Å². The van der Waals surface area contributed by atoms with E-state index in [0.717, 1.165) is 71.1 Å². The molecule has 1 aromatic rings. The zero-order valence-corrected chi connectivity index (χ0v) is 44.7. The Hall–Kier alpha value is -6.36. The van der Waals surface area contributed by atoms with Gasteiger partial charge in [-0.1, -0.05) is 18.2 Å². The zero-order chi connectivity index (χ0) is 56.6. The summed E-state index contributed by atoms with van der Waals surface area (Å²) in [6.45, 7) is -0.933. The van der Waals surface area contributed by atoms with Gasteiger partial charge >= 0.3 is 59.7 Å². The number of benzene rings is 1. The van der Waals surface area contributed by atoms with Crippen molar-refractivity contribution in [3.05, 3.63) is 34.9 Å². The minimum Gasteiger partial charge on any atom is -0.469 e. The number of hydrogen-bond donors (Lipinski definition) is 0. The molecule has 0 saturated heterocycles. The molecule has 0 saturated carbocycles. The van der Waals surface area contributed by atoms with Gasteiger partial charge in [0.25, 0.3) is 0 Å². The van der Waals surface area contributed by atoms with E-state index in [9.17, 15) is 47.9 Å². The first kappa shape index (κ1) is 66.7. The van der Waals surface area contributed by atoms with Crippen LogP contribution in [0.3, 0.4) is 0 Å². The highest BCUT2D eigenvalue weighted by molar-refractivity contribution is 5.87. The summed E-state index contributed by atoms with van der Waals surface area (Å²) in [5, 5.41) is 0. The van der Waals surface area contributed by atoms with Gasteiger partial charge in [0.2, 0.25) is 0 Å². The van der Waals surface area contributed by atoms with Crippen LogP contribution in [-0.4, -0.2) is 229 Å². The van der Waals surface area contributed by atoms with E-state index in [1.807, 2.05) is 0 Å². The summed E-state index contributed by atoms with van der Waals surface area (Å²) in [7, 11) is 13.6. The van der Waals surface area contributed by atoms with Crippen LogP contribution in [0.2, 0.25) is 0 Å². The summed E-state index contributed by atoms with van der Waals surface area (Å²) in [4.78, 5) is 155. The number of carbonyl (C=O) groups is 10. The zero-order valence-electron chi connectivity index (χ0n) is 44.7. The molecule has 27 nitrogen and oxygen atoms in total. The van der Waals surface area contributed by atoms with Crippen molar-refractivity contribution < 1.29 is 115 Å². The number of rotatable bonds is 37. The van der Waals surface area contributed by atoms with Crippen molar-refractivity contribution in [3.63, 3.8) is 0 Å². The second-order valence-electron chi connectivity index (χ2n) is 16.1. The number of carbonyl (C=O) groups excluding carboxylic acids is 10. The van der Waals surface area contributed by atoms with E-state index >= 15 is 0 Å². The van der Waals surface area contributed by atoms with Gasteiger partial charge in [0, 0.05) is 32.1 Å². The van der Waals surface area contributed by atoms with Crippen LogP contribution in [0.15, 0.2) is 18.2 Å². The third-order valence-corrected chi connectivity index (χ3v) is 11.9. The molecule has 0 aromatic heterocycles. The minimum atomic E-state index is -1.51. The van der Waals surface area contributed by atoms with Gasteiger partial charge in [0.15, 0.2) is 0 Å². The predicted octanol–water partition coefficient (Wildman–Crippen LogP) is -0.342. The minimum absolute atomic E-state index is 0.0155. The molecule has 0 radical (unpaired) electrons. The van der Waals surface area contributed by atoms with Crippen LogP contribution in [0.4, 0.5) is 0 Å². The van der Waals surface area contributed by atoms with Gasteiger partial charge in [-0.15, -0.1) is 0 Å². The van der Waals surface area contributed by atoms with Crippen LogP contribution in [0.1, 0.15) is 55.2 Å². The molecule has 0 heterocycles. The third kappa shape index (κ3) is 22.6. The van der Waals surface area contributed by atoms with Crippen LogP contribution in [0.5, 0.6) is 0 Å². The maximum Gasteiger partial charge on any atom is 0.323 e. The Bertz CT molecular complexity index is 1980. The van der Waals surface area contributed by atoms with E-state index in [-0.39, 0.29) is 65.0 Å². The van der Waals surface area contributed by atoms with E-state index in [4.69, 9.17) is 66.9 Å². The van der Waals surface area contributed by atoms with Gasteiger partial charge in [0.05, 0.1) is 131 Å². The molecule has 0 amide bonds. The lowest BCUT2D eigenvalue weighted by Crippen LogP contribution is -2.53. The maximum atomic E-state index is 13.5. The Morgan fingerprint density at radius 1 is 0.360 bits per heavy atom. The maximum absolute atomic E-state index is 13.5. The van der Waals surface area contributed by atoms with Crippen molar-refractivity contribution in [2.24, 2.45) is 0 Å². The van der Waals surface area contributed by atoms with Crippen molar-refractivity contribution in [1.82, 2.24) is 14.7 Å². The van der Waals surface area contributed by atoms with Crippen molar-refractivity contribution in [3.8, 4) is 0 Å². The monoisotopic (exact) mass is 1080 g/mol. The molecule has 0 bridgehead atoms. The summed E-state index contributed by atoms with van der Waals surface area (Å²) in [6, 6.07) is -2.75. The molecule has 6 unspecified atom stereocenters. The van der Waals surface area contributed by atoms with Crippen molar-refractivity contribution in [2.45, 2.75) is 94.0 Å². The Morgan fingerprint density at radius 3 is 0.947 bits per heavy atom. The molecule has 0 fully saturated rings. The molecule has 6 atom stereocenters. The van der Waals surface area contributed by atoms with Crippen molar-refractivity contribution in [1.29, 1.82) is 0 Å². The van der Waals surface area contributed by atoms with E-state index in [2.05, 4.69) is 0 Å². The van der Waals surface area contributed by atoms with Crippen LogP contribution in [-0.2, 0) is 134 Å². The van der Waals surface area contributed by atoms with E-state index < -0.39 is 122 Å². The Morgan fingerprint density at radius 2 is 0.640 bits per heavy atom. The quantitative estimate of drug-likeness (QED) is 0.0270. The third-order valence-electron chi connectivity index (χ3n) is 11.9. The molecule has 1 aromatic carbocycles. The molecule has 27 heteroatoms. The fourth-order valence-electron chi connectivity index (χ4n) is 8.04. The molecule has 0 aliphatic rings. The standard InChI is InChI=1S/C48H73N3O24/c1-62-39(52)24-33(29-75-73-12)49(35(45(58)68-7)25-40(53)63-2)17-13-30-21-31(14-18-50(34(44(57)67-6)16-20-74-72-11)36(46(59)69-8)26-41(54)64-3)23-32(22-30)15-19-51(37(47(60)70-9)27-42(55)65-4)38(48(61)71-10)28-43(56)66-5/h21-23,33-38H,13-20,24-29H2,1-12H3. The molecule has 75 heavy (non-hydrogen) atoms. The van der Waals surface area contributed by atoms with Gasteiger partial charge in [-0.25, -0.2) is 19.6 Å². The van der Waals surface area contributed by atoms with Crippen LogP contribution < -0.4 is 0 Å². The highest BCUT2D eigenvalue weighted by Gasteiger charge is 2.41. The molecular weight excluding hydrogens is 1000 g/mol. The Balaban J connectivity index is 4.39. The van der Waals surface area contributed by atoms with Crippen LogP contribution in [0.25, 0.3) is 0 Å². The van der Waals surface area contributed by atoms with Crippen LogP contribution >= 0.6 is 0 Å². The van der Waals surface area contributed by atoms with Crippen molar-refractivity contribution in [2.75, 3.05) is 118 Å². The number of ether oxygens (including phenoxy) is 10. The first-order valence-corrected chi connectivity index (χ1v) is 23.3. The Labute approximate surface area is 435 Å².